The Bertz CT molecular complexity index is 2110. The monoisotopic (exact) mass is 662 g/mol. The minimum Gasteiger partial charge on any atom is -0.493 e. The number of amides is 1. The molecule has 1 atom stereocenters. The molecule has 0 radical (unpaired) electrons. The van der Waals surface area contributed by atoms with Crippen LogP contribution < -0.4 is 25.1 Å². The average Bonchev–Trinajstić information content (AvgIpc) is 3.46. The molecule has 7 rings (SSSR count). The van der Waals surface area contributed by atoms with Gasteiger partial charge in [0.15, 0.2) is 23.1 Å². The van der Waals surface area contributed by atoms with Gasteiger partial charge in [0.1, 0.15) is 35.6 Å². The highest BCUT2D eigenvalue weighted by atomic mass is 16.7. The lowest BCUT2D eigenvalue weighted by molar-refractivity contribution is -0.141. The largest absolute Gasteiger partial charge is 0.493 e. The van der Waals surface area contributed by atoms with Crippen molar-refractivity contribution < 1.29 is 33.3 Å². The summed E-state index contributed by atoms with van der Waals surface area (Å²) in [6.45, 7) is 4.43. The minimum absolute atomic E-state index is 0.0949. The van der Waals surface area contributed by atoms with E-state index in [2.05, 4.69) is 15.3 Å². The Morgan fingerprint density at radius 2 is 1.84 bits per heavy atom. The number of Topliss-reactive ketones (excluding diaryl/α,β-unsaturated/α-hetero) is 1. The summed E-state index contributed by atoms with van der Waals surface area (Å²) >= 11 is 0. The first kappa shape index (κ1) is 32.0. The number of aromatic nitrogens is 3. The summed E-state index contributed by atoms with van der Waals surface area (Å²) in [5.41, 5.74) is 1.57. The van der Waals surface area contributed by atoms with Crippen LogP contribution in [0.4, 0.5) is 5.82 Å². The lowest BCUT2D eigenvalue weighted by Gasteiger charge is -2.21. The van der Waals surface area contributed by atoms with Crippen LogP contribution in [0, 0.1) is 0 Å². The Morgan fingerprint density at radius 1 is 1.00 bits per heavy atom. The number of anilines is 1. The number of benzene rings is 2. The zero-order chi connectivity index (χ0) is 34.1. The molecule has 2 aliphatic rings. The number of hydrogen-bond donors (Lipinski definition) is 1. The van der Waals surface area contributed by atoms with Gasteiger partial charge in [-0.2, -0.15) is 0 Å². The molecule has 49 heavy (non-hydrogen) atoms. The Kier molecular flexibility index (Phi) is 8.57. The maximum atomic E-state index is 13.6. The summed E-state index contributed by atoms with van der Waals surface area (Å²) in [6, 6.07) is 18.9. The molecular weight excluding hydrogens is 628 g/mol. The molecule has 1 aliphatic heterocycles. The van der Waals surface area contributed by atoms with Crippen molar-refractivity contribution in [2.24, 2.45) is 0 Å². The molecule has 1 aliphatic carbocycles. The van der Waals surface area contributed by atoms with Crippen molar-refractivity contribution >= 4 is 28.4 Å². The number of ether oxygens (including phenoxy) is 5. The van der Waals surface area contributed by atoms with Crippen LogP contribution in [-0.4, -0.2) is 58.4 Å². The molecule has 0 bridgehead atoms. The van der Waals surface area contributed by atoms with Crippen LogP contribution >= 0.6 is 0 Å². The molecule has 1 N–H and O–H groups in total. The van der Waals surface area contributed by atoms with Crippen LogP contribution in [0.3, 0.4) is 0 Å². The third kappa shape index (κ3) is 6.60. The Hall–Kier alpha value is -5.59. The van der Waals surface area contributed by atoms with E-state index in [1.54, 1.807) is 67.9 Å². The van der Waals surface area contributed by atoms with E-state index in [1.165, 1.54) is 16.8 Å². The van der Waals surface area contributed by atoms with Gasteiger partial charge in [-0.05, 0) is 69.2 Å². The number of pyridine rings is 3. The van der Waals surface area contributed by atoms with Gasteiger partial charge in [0.2, 0.25) is 0 Å². The van der Waals surface area contributed by atoms with Crippen molar-refractivity contribution in [3.05, 3.63) is 106 Å². The van der Waals surface area contributed by atoms with Gasteiger partial charge in [-0.1, -0.05) is 18.2 Å². The summed E-state index contributed by atoms with van der Waals surface area (Å²) in [5.74, 6) is 0.696. The minimum atomic E-state index is -0.669. The van der Waals surface area contributed by atoms with Crippen molar-refractivity contribution in [2.75, 3.05) is 25.6 Å². The topological polar surface area (TPSA) is 140 Å². The molecule has 12 heteroatoms. The van der Waals surface area contributed by atoms with Gasteiger partial charge in [-0.15, -0.1) is 0 Å². The van der Waals surface area contributed by atoms with Gasteiger partial charge in [-0.3, -0.25) is 23.9 Å². The second kappa shape index (κ2) is 13.1. The number of methoxy groups -OCH3 is 1. The van der Waals surface area contributed by atoms with E-state index in [9.17, 15) is 14.4 Å². The fourth-order valence-corrected chi connectivity index (χ4v) is 6.05. The summed E-state index contributed by atoms with van der Waals surface area (Å²) in [6.07, 6.45) is 4.44. The third-order valence-electron chi connectivity index (χ3n) is 8.36. The lowest BCUT2D eigenvalue weighted by Crippen LogP contribution is -2.33. The fourth-order valence-electron chi connectivity index (χ4n) is 6.05. The fraction of sp³-hybridized carbons (Fsp3) is 0.270. The first-order chi connectivity index (χ1) is 23.7. The predicted molar refractivity (Wildman–Crippen MR) is 180 cm³/mol. The van der Waals surface area contributed by atoms with Crippen molar-refractivity contribution in [3.63, 3.8) is 0 Å². The van der Waals surface area contributed by atoms with E-state index in [0.29, 0.717) is 76.7 Å². The van der Waals surface area contributed by atoms with Crippen LogP contribution in [0.15, 0.2) is 83.9 Å². The molecule has 1 amide bonds. The van der Waals surface area contributed by atoms with E-state index in [1.807, 2.05) is 19.9 Å². The predicted octanol–water partition coefficient (Wildman–Crippen LogP) is 5.88. The van der Waals surface area contributed by atoms with Crippen LogP contribution in [-0.2, 0) is 15.9 Å². The third-order valence-corrected chi connectivity index (χ3v) is 8.36. The Balaban J connectivity index is 1.09. The summed E-state index contributed by atoms with van der Waals surface area (Å²) in [4.78, 5) is 48.7. The second-order valence-corrected chi connectivity index (χ2v) is 12.2. The number of nitrogens with zero attached hydrogens (tertiary/aromatic N) is 3. The van der Waals surface area contributed by atoms with E-state index in [4.69, 9.17) is 23.7 Å². The highest BCUT2D eigenvalue weighted by molar-refractivity contribution is 6.06. The van der Waals surface area contributed by atoms with E-state index < -0.39 is 17.3 Å². The molecule has 0 spiro atoms. The van der Waals surface area contributed by atoms with Gasteiger partial charge >= 0.3 is 0 Å². The van der Waals surface area contributed by atoms with Crippen LogP contribution in [0.1, 0.15) is 53.1 Å². The average molecular weight is 663 g/mol. The van der Waals surface area contributed by atoms with Gasteiger partial charge in [0, 0.05) is 41.0 Å². The van der Waals surface area contributed by atoms with E-state index in [0.717, 1.165) is 0 Å². The molecule has 5 aromatic rings. The second-order valence-electron chi connectivity index (χ2n) is 12.2. The lowest BCUT2D eigenvalue weighted by atomic mass is 9.92. The number of rotatable bonds is 9. The molecule has 0 saturated carbocycles. The molecule has 1 fully saturated rings. The molecule has 250 valence electrons. The summed E-state index contributed by atoms with van der Waals surface area (Å²) in [7, 11) is 1.55. The maximum absolute atomic E-state index is 13.6. The molecule has 4 heterocycles. The zero-order valence-electron chi connectivity index (χ0n) is 27.2. The number of carbonyl (C=O) groups excluding carboxylic acids is 2. The maximum Gasteiger partial charge on any atom is 0.268 e. The standard InChI is InChI=1S/C37H34N4O8/c1-37(2)47-21-24(49-37)20-46-33-18-28-25(17-32(33)45-3)31(14-15-38-28)48-23-12-13-34(39-19-23)40-35(43)27-16-26-29(10-7-11-30(26)42)41(36(27)44)22-8-5-4-6-9-22/h4-6,8-9,12-19,24H,7,10-11,20-21H2,1-3H3,(H,39,40,43)/t24-/m0/s1. The van der Waals surface area contributed by atoms with Gasteiger partial charge in [0.05, 0.1) is 25.4 Å². The van der Waals surface area contributed by atoms with E-state index in [-0.39, 0.29) is 29.9 Å². The summed E-state index contributed by atoms with van der Waals surface area (Å²) < 4.78 is 30.7. The Labute approximate surface area is 281 Å². The number of para-hydroxylation sites is 1. The number of carbonyl (C=O) groups is 2. The molecular formula is C37H34N4O8. The zero-order valence-corrected chi connectivity index (χ0v) is 27.2. The van der Waals surface area contributed by atoms with Gasteiger partial charge in [-0.25, -0.2) is 4.98 Å². The SMILES string of the molecule is COc1cc2c(Oc3ccc(NC(=O)c4cc5c(n(-c6ccccc6)c4=O)CCCC5=O)nc3)ccnc2cc1OC[C@H]1COC(C)(C)O1. The van der Waals surface area contributed by atoms with Crippen LogP contribution in [0.2, 0.25) is 0 Å². The van der Waals surface area contributed by atoms with Gasteiger partial charge < -0.3 is 29.0 Å². The molecule has 2 aromatic carbocycles. The quantitative estimate of drug-likeness (QED) is 0.203. The number of fused-ring (bicyclic) bond motifs is 2. The highest BCUT2D eigenvalue weighted by Gasteiger charge is 2.33. The smallest absolute Gasteiger partial charge is 0.268 e. The van der Waals surface area contributed by atoms with Crippen molar-refractivity contribution in [3.8, 4) is 28.7 Å². The highest BCUT2D eigenvalue weighted by Crippen LogP contribution is 2.37. The van der Waals surface area contributed by atoms with Crippen molar-refractivity contribution in [1.29, 1.82) is 0 Å². The molecule has 3 aromatic heterocycles. The number of nitrogens with one attached hydrogen (secondary N) is 1. The molecule has 12 nitrogen and oxygen atoms in total. The molecule has 0 unspecified atom stereocenters. The van der Waals surface area contributed by atoms with Crippen molar-refractivity contribution in [1.82, 2.24) is 14.5 Å². The number of ketones is 1. The number of hydrogen-bond acceptors (Lipinski definition) is 10. The summed E-state index contributed by atoms with van der Waals surface area (Å²) in [5, 5.41) is 3.37. The van der Waals surface area contributed by atoms with E-state index >= 15 is 0 Å². The van der Waals surface area contributed by atoms with Crippen LogP contribution in [0.5, 0.6) is 23.0 Å². The first-order valence-corrected chi connectivity index (χ1v) is 15.9. The molecule has 1 saturated heterocycles. The normalized spacial score (nSPS) is 16.6. The van der Waals surface area contributed by atoms with Gasteiger partial charge in [0.25, 0.3) is 11.5 Å². The van der Waals surface area contributed by atoms with Crippen LogP contribution in [0.25, 0.3) is 16.6 Å². The first-order valence-electron chi connectivity index (χ1n) is 15.9. The van der Waals surface area contributed by atoms with Crippen molar-refractivity contribution in [2.45, 2.75) is 45.0 Å². The Morgan fingerprint density at radius 3 is 2.57 bits per heavy atom.